The van der Waals surface area contributed by atoms with Crippen molar-refractivity contribution in [2.45, 2.75) is 12.2 Å². The second-order valence-corrected chi connectivity index (χ2v) is 3.61. The van der Waals surface area contributed by atoms with Gasteiger partial charge >= 0.3 is 0 Å². The van der Waals surface area contributed by atoms with Crippen molar-refractivity contribution in [3.05, 3.63) is 35.9 Å². The van der Waals surface area contributed by atoms with Gasteiger partial charge in [-0.15, -0.1) is 0 Å². The Kier molecular flexibility index (Phi) is 2.82. The van der Waals surface area contributed by atoms with Crippen LogP contribution in [0, 0.1) is 0 Å². The summed E-state index contributed by atoms with van der Waals surface area (Å²) in [5, 5.41) is 8.95. The van der Waals surface area contributed by atoms with E-state index < -0.39 is 5.60 Å². The van der Waals surface area contributed by atoms with Crippen molar-refractivity contribution in [2.75, 3.05) is 19.8 Å². The van der Waals surface area contributed by atoms with Gasteiger partial charge in [-0.05, 0) is 5.56 Å². The van der Waals surface area contributed by atoms with E-state index in [4.69, 9.17) is 14.6 Å². The van der Waals surface area contributed by atoms with Crippen LogP contribution >= 0.6 is 0 Å². The SMILES string of the molecule is OC[C@@]1(COCc2ccccc2)CO1. The lowest BCUT2D eigenvalue weighted by Gasteiger charge is -2.08. The summed E-state index contributed by atoms with van der Waals surface area (Å²) in [6.45, 7) is 1.70. The summed E-state index contributed by atoms with van der Waals surface area (Å²) < 4.78 is 10.6. The summed E-state index contributed by atoms with van der Waals surface area (Å²) in [6.07, 6.45) is 0. The highest BCUT2D eigenvalue weighted by atomic mass is 16.6. The number of hydrogen-bond acceptors (Lipinski definition) is 3. The molecule has 0 unspecified atom stereocenters. The maximum absolute atomic E-state index is 8.95. The van der Waals surface area contributed by atoms with Gasteiger partial charge in [0.05, 0.1) is 26.4 Å². The minimum absolute atomic E-state index is 0.0434. The number of epoxide rings is 1. The highest BCUT2D eigenvalue weighted by Gasteiger charge is 2.44. The zero-order valence-corrected chi connectivity index (χ0v) is 7.98. The molecule has 0 amide bonds. The molecule has 0 aliphatic carbocycles. The minimum atomic E-state index is -0.394. The molecule has 1 N–H and O–H groups in total. The third-order valence-electron chi connectivity index (χ3n) is 2.32. The van der Waals surface area contributed by atoms with Gasteiger partial charge in [0.25, 0.3) is 0 Å². The molecule has 2 rings (SSSR count). The second-order valence-electron chi connectivity index (χ2n) is 3.61. The zero-order valence-electron chi connectivity index (χ0n) is 7.98. The predicted molar refractivity (Wildman–Crippen MR) is 51.9 cm³/mol. The van der Waals surface area contributed by atoms with Crippen molar-refractivity contribution in [2.24, 2.45) is 0 Å². The van der Waals surface area contributed by atoms with Gasteiger partial charge in [0.1, 0.15) is 5.60 Å². The van der Waals surface area contributed by atoms with Crippen LogP contribution in [0.3, 0.4) is 0 Å². The van der Waals surface area contributed by atoms with E-state index in [1.54, 1.807) is 0 Å². The molecule has 1 aliphatic heterocycles. The first-order valence-electron chi connectivity index (χ1n) is 4.71. The van der Waals surface area contributed by atoms with E-state index in [1.165, 1.54) is 0 Å². The van der Waals surface area contributed by atoms with Crippen molar-refractivity contribution in [3.63, 3.8) is 0 Å². The molecule has 3 heteroatoms. The van der Waals surface area contributed by atoms with Crippen molar-refractivity contribution >= 4 is 0 Å². The highest BCUT2D eigenvalue weighted by molar-refractivity contribution is 5.13. The molecule has 76 valence electrons. The summed E-state index contributed by atoms with van der Waals surface area (Å²) in [6, 6.07) is 9.96. The molecular formula is C11H14O3. The Bertz CT molecular complexity index is 280. The second kappa shape index (κ2) is 4.09. The molecule has 1 saturated heterocycles. The summed E-state index contributed by atoms with van der Waals surface area (Å²) >= 11 is 0. The average Bonchev–Trinajstić information content (AvgIpc) is 3.00. The molecule has 1 aromatic rings. The number of benzene rings is 1. The Morgan fingerprint density at radius 1 is 1.36 bits per heavy atom. The molecule has 1 aromatic carbocycles. The molecule has 1 aliphatic rings. The fraction of sp³-hybridized carbons (Fsp3) is 0.455. The van der Waals surface area contributed by atoms with Crippen LogP contribution in [-0.2, 0) is 16.1 Å². The molecule has 14 heavy (non-hydrogen) atoms. The van der Waals surface area contributed by atoms with E-state index in [9.17, 15) is 0 Å². The third kappa shape index (κ3) is 2.32. The van der Waals surface area contributed by atoms with Crippen LogP contribution in [0.1, 0.15) is 5.56 Å². The molecule has 3 nitrogen and oxygen atoms in total. The maximum Gasteiger partial charge on any atom is 0.138 e. The van der Waals surface area contributed by atoms with Gasteiger partial charge in [0.15, 0.2) is 0 Å². The van der Waals surface area contributed by atoms with Crippen LogP contribution in [-0.4, -0.2) is 30.5 Å². The van der Waals surface area contributed by atoms with Crippen LogP contribution in [0.15, 0.2) is 30.3 Å². The van der Waals surface area contributed by atoms with Crippen molar-refractivity contribution in [1.82, 2.24) is 0 Å². The van der Waals surface area contributed by atoms with Gasteiger partial charge in [-0.2, -0.15) is 0 Å². The quantitative estimate of drug-likeness (QED) is 0.710. The molecule has 1 heterocycles. The topological polar surface area (TPSA) is 42.0 Å². The van der Waals surface area contributed by atoms with E-state index in [2.05, 4.69) is 0 Å². The van der Waals surface area contributed by atoms with Gasteiger partial charge in [0, 0.05) is 0 Å². The summed E-state index contributed by atoms with van der Waals surface area (Å²) in [4.78, 5) is 0. The first kappa shape index (κ1) is 9.65. The molecule has 1 fully saturated rings. The van der Waals surface area contributed by atoms with Gasteiger partial charge in [0.2, 0.25) is 0 Å². The van der Waals surface area contributed by atoms with Crippen LogP contribution < -0.4 is 0 Å². The fourth-order valence-corrected chi connectivity index (χ4v) is 1.25. The van der Waals surface area contributed by atoms with Gasteiger partial charge in [-0.3, -0.25) is 0 Å². The summed E-state index contributed by atoms with van der Waals surface area (Å²) in [5.41, 5.74) is 0.746. The molecule has 1 atom stereocenters. The largest absolute Gasteiger partial charge is 0.393 e. The number of rotatable bonds is 5. The molecule has 0 aromatic heterocycles. The first-order valence-corrected chi connectivity index (χ1v) is 4.71. The Balaban J connectivity index is 1.73. The fourth-order valence-electron chi connectivity index (χ4n) is 1.25. The predicted octanol–water partition coefficient (Wildman–Crippen LogP) is 0.964. The third-order valence-corrected chi connectivity index (χ3v) is 2.32. The van der Waals surface area contributed by atoms with Crippen molar-refractivity contribution in [1.29, 1.82) is 0 Å². The van der Waals surface area contributed by atoms with E-state index in [1.807, 2.05) is 30.3 Å². The Hall–Kier alpha value is -0.900. The first-order chi connectivity index (χ1) is 6.85. The van der Waals surface area contributed by atoms with E-state index >= 15 is 0 Å². The minimum Gasteiger partial charge on any atom is -0.393 e. The lowest BCUT2D eigenvalue weighted by atomic mass is 10.2. The smallest absolute Gasteiger partial charge is 0.138 e. The number of hydrogen-bond donors (Lipinski definition) is 1. The standard InChI is InChI=1S/C11H14O3/c12-7-11(9-14-11)8-13-6-10-4-2-1-3-5-10/h1-5,12H,6-9H2/t11-/m1/s1. The van der Waals surface area contributed by atoms with E-state index in [-0.39, 0.29) is 6.61 Å². The zero-order chi connectivity index (χ0) is 9.86. The van der Waals surface area contributed by atoms with Crippen LogP contribution in [0.25, 0.3) is 0 Å². The maximum atomic E-state index is 8.95. The monoisotopic (exact) mass is 194 g/mol. The van der Waals surface area contributed by atoms with E-state index in [0.717, 1.165) is 5.56 Å². The van der Waals surface area contributed by atoms with Crippen LogP contribution in [0.4, 0.5) is 0 Å². The lowest BCUT2D eigenvalue weighted by Crippen LogP contribution is -2.23. The average molecular weight is 194 g/mol. The Labute approximate surface area is 83.3 Å². The number of aliphatic hydroxyl groups excluding tert-OH is 1. The van der Waals surface area contributed by atoms with Crippen LogP contribution in [0.5, 0.6) is 0 Å². The van der Waals surface area contributed by atoms with E-state index in [0.29, 0.717) is 19.8 Å². The summed E-state index contributed by atoms with van der Waals surface area (Å²) in [5.74, 6) is 0. The lowest BCUT2D eigenvalue weighted by molar-refractivity contribution is 0.0412. The number of ether oxygens (including phenoxy) is 2. The highest BCUT2D eigenvalue weighted by Crippen LogP contribution is 2.26. The van der Waals surface area contributed by atoms with Gasteiger partial charge < -0.3 is 14.6 Å². The molecule has 0 spiro atoms. The molecule has 0 bridgehead atoms. The Morgan fingerprint density at radius 2 is 2.07 bits per heavy atom. The van der Waals surface area contributed by atoms with Crippen molar-refractivity contribution in [3.8, 4) is 0 Å². The van der Waals surface area contributed by atoms with Crippen molar-refractivity contribution < 1.29 is 14.6 Å². The normalized spacial score (nSPS) is 24.9. The number of aliphatic hydroxyl groups is 1. The van der Waals surface area contributed by atoms with Gasteiger partial charge in [-0.1, -0.05) is 30.3 Å². The summed E-state index contributed by atoms with van der Waals surface area (Å²) in [7, 11) is 0. The molecule has 0 radical (unpaired) electrons. The van der Waals surface area contributed by atoms with Crippen LogP contribution in [0.2, 0.25) is 0 Å². The molecule has 0 saturated carbocycles. The van der Waals surface area contributed by atoms with Gasteiger partial charge in [-0.25, -0.2) is 0 Å². The molecular weight excluding hydrogens is 180 g/mol. The Morgan fingerprint density at radius 3 is 2.64 bits per heavy atom.